The Morgan fingerprint density at radius 2 is 2.12 bits per heavy atom. The molecule has 1 aromatic carbocycles. The molecule has 0 aliphatic carbocycles. The van der Waals surface area contributed by atoms with Crippen molar-refractivity contribution < 1.29 is 23.7 Å². The number of methoxy groups -OCH3 is 1. The zero-order valence-electron chi connectivity index (χ0n) is 15.2. The van der Waals surface area contributed by atoms with Gasteiger partial charge in [-0.25, -0.2) is 0 Å². The number of benzene rings is 1. The van der Waals surface area contributed by atoms with Crippen molar-refractivity contribution >= 4 is 5.91 Å². The maximum absolute atomic E-state index is 12.2. The molecule has 3 rings (SSSR count). The summed E-state index contributed by atoms with van der Waals surface area (Å²) in [7, 11) is 1.68. The first-order valence-corrected chi connectivity index (χ1v) is 8.80. The molecule has 1 fully saturated rings. The highest BCUT2D eigenvalue weighted by molar-refractivity contribution is 5.78. The first-order valence-electron chi connectivity index (χ1n) is 8.80. The van der Waals surface area contributed by atoms with Crippen molar-refractivity contribution in [3.8, 4) is 11.5 Å². The van der Waals surface area contributed by atoms with E-state index in [0.29, 0.717) is 32.1 Å². The summed E-state index contributed by atoms with van der Waals surface area (Å²) in [5.41, 5.74) is 0.903. The average molecular weight is 349 g/mol. The molecule has 6 nitrogen and oxygen atoms in total. The van der Waals surface area contributed by atoms with Gasteiger partial charge in [0.05, 0.1) is 6.10 Å². The quantitative estimate of drug-likeness (QED) is 0.672. The first-order chi connectivity index (χ1) is 12.0. The van der Waals surface area contributed by atoms with Crippen LogP contribution in [0, 0.1) is 0 Å². The van der Waals surface area contributed by atoms with Gasteiger partial charge in [-0.05, 0) is 26.3 Å². The van der Waals surface area contributed by atoms with Crippen LogP contribution in [0.3, 0.4) is 0 Å². The summed E-state index contributed by atoms with van der Waals surface area (Å²) in [5, 5.41) is 0. The van der Waals surface area contributed by atoms with Crippen molar-refractivity contribution in [3.05, 3.63) is 23.8 Å². The van der Waals surface area contributed by atoms with Crippen molar-refractivity contribution in [1.82, 2.24) is 4.90 Å². The number of carbonyl (C=O) groups excluding carboxylic acids is 1. The van der Waals surface area contributed by atoms with Gasteiger partial charge in [-0.3, -0.25) is 4.79 Å². The van der Waals surface area contributed by atoms with Crippen LogP contribution in [0.1, 0.15) is 25.8 Å². The molecule has 2 heterocycles. The molecule has 0 unspecified atom stereocenters. The molecule has 0 atom stereocenters. The van der Waals surface area contributed by atoms with E-state index < -0.39 is 0 Å². The standard InChI is InChI=1S/C19H27NO5/c1-19(2)10-14-6-4-7-16(18(14)25-19)24-13-17(21)20-11-15(12-20)23-9-5-8-22-3/h4,6-7,15H,5,8-13H2,1-3H3. The van der Waals surface area contributed by atoms with Crippen molar-refractivity contribution in [3.63, 3.8) is 0 Å². The second-order valence-corrected chi connectivity index (χ2v) is 7.21. The van der Waals surface area contributed by atoms with E-state index in [9.17, 15) is 4.79 Å². The Balaban J connectivity index is 1.42. The van der Waals surface area contributed by atoms with Crippen LogP contribution in [0.15, 0.2) is 18.2 Å². The predicted octanol–water partition coefficient (Wildman–Crippen LogP) is 2.04. The maximum Gasteiger partial charge on any atom is 0.260 e. The largest absolute Gasteiger partial charge is 0.483 e. The summed E-state index contributed by atoms with van der Waals surface area (Å²) in [4.78, 5) is 14.0. The SMILES string of the molecule is COCCCOC1CN(C(=O)COc2cccc3c2OC(C)(C)C3)C1. The van der Waals surface area contributed by atoms with E-state index in [1.807, 2.05) is 18.2 Å². The lowest BCUT2D eigenvalue weighted by atomic mass is 10.0. The molecule has 1 aromatic rings. The molecule has 0 saturated carbocycles. The van der Waals surface area contributed by atoms with E-state index in [1.165, 1.54) is 0 Å². The summed E-state index contributed by atoms with van der Waals surface area (Å²) in [6, 6.07) is 5.84. The minimum absolute atomic E-state index is 0.0217. The van der Waals surface area contributed by atoms with Gasteiger partial charge in [0.1, 0.15) is 5.60 Å². The second kappa shape index (κ2) is 7.62. The van der Waals surface area contributed by atoms with Gasteiger partial charge in [-0.2, -0.15) is 0 Å². The molecule has 138 valence electrons. The molecular weight excluding hydrogens is 322 g/mol. The van der Waals surface area contributed by atoms with Crippen molar-refractivity contribution in [2.24, 2.45) is 0 Å². The minimum Gasteiger partial charge on any atom is -0.483 e. The molecule has 0 N–H and O–H groups in total. The summed E-state index contributed by atoms with van der Waals surface area (Å²) in [5.74, 6) is 1.39. The maximum atomic E-state index is 12.2. The smallest absolute Gasteiger partial charge is 0.260 e. The lowest BCUT2D eigenvalue weighted by molar-refractivity contribution is -0.147. The average Bonchev–Trinajstić information content (AvgIpc) is 2.85. The highest BCUT2D eigenvalue weighted by Gasteiger charge is 2.34. The van der Waals surface area contributed by atoms with Gasteiger partial charge < -0.3 is 23.8 Å². The van der Waals surface area contributed by atoms with Crippen LogP contribution < -0.4 is 9.47 Å². The van der Waals surface area contributed by atoms with Gasteiger partial charge in [-0.1, -0.05) is 12.1 Å². The van der Waals surface area contributed by atoms with Gasteiger partial charge in [0.15, 0.2) is 18.1 Å². The van der Waals surface area contributed by atoms with Crippen LogP contribution in [0.4, 0.5) is 0 Å². The molecular formula is C19H27NO5. The summed E-state index contributed by atoms with van der Waals surface area (Å²) < 4.78 is 22.3. The lowest BCUT2D eigenvalue weighted by Gasteiger charge is -2.38. The van der Waals surface area contributed by atoms with Gasteiger partial charge in [0, 0.05) is 45.4 Å². The highest BCUT2D eigenvalue weighted by atomic mass is 16.5. The number of para-hydroxylation sites is 1. The normalized spacial score (nSPS) is 18.4. The monoisotopic (exact) mass is 349 g/mol. The molecule has 2 aliphatic rings. The van der Waals surface area contributed by atoms with Gasteiger partial charge in [-0.15, -0.1) is 0 Å². The molecule has 0 spiro atoms. The number of hydrogen-bond acceptors (Lipinski definition) is 5. The summed E-state index contributed by atoms with van der Waals surface area (Å²) >= 11 is 0. The summed E-state index contributed by atoms with van der Waals surface area (Å²) in [6.45, 7) is 6.75. The molecule has 0 radical (unpaired) electrons. The fourth-order valence-corrected chi connectivity index (χ4v) is 3.13. The summed E-state index contributed by atoms with van der Waals surface area (Å²) in [6.07, 6.45) is 1.85. The third kappa shape index (κ3) is 4.44. The van der Waals surface area contributed by atoms with E-state index in [0.717, 1.165) is 24.2 Å². The van der Waals surface area contributed by atoms with Gasteiger partial charge >= 0.3 is 0 Å². The Bertz CT molecular complexity index is 610. The van der Waals surface area contributed by atoms with Crippen LogP contribution in [-0.4, -0.2) is 62.5 Å². The Labute approximate surface area is 149 Å². The number of likely N-dealkylation sites (tertiary alicyclic amines) is 1. The number of nitrogens with zero attached hydrogens (tertiary/aromatic N) is 1. The number of hydrogen-bond donors (Lipinski definition) is 0. The number of rotatable bonds is 8. The molecule has 0 bridgehead atoms. The predicted molar refractivity (Wildman–Crippen MR) is 93.2 cm³/mol. The molecule has 1 saturated heterocycles. The molecule has 6 heteroatoms. The Morgan fingerprint density at radius 3 is 2.88 bits per heavy atom. The van der Waals surface area contributed by atoms with E-state index in [-0.39, 0.29) is 24.2 Å². The number of carbonyl (C=O) groups is 1. The molecule has 1 amide bonds. The number of fused-ring (bicyclic) bond motifs is 1. The van der Waals surface area contributed by atoms with Crippen LogP contribution in [0.5, 0.6) is 11.5 Å². The topological polar surface area (TPSA) is 57.2 Å². The van der Waals surface area contributed by atoms with Crippen LogP contribution in [0.25, 0.3) is 0 Å². The van der Waals surface area contributed by atoms with E-state index in [2.05, 4.69) is 13.8 Å². The van der Waals surface area contributed by atoms with E-state index in [1.54, 1.807) is 12.0 Å². The van der Waals surface area contributed by atoms with Gasteiger partial charge in [0.25, 0.3) is 5.91 Å². The first kappa shape index (κ1) is 18.0. The van der Waals surface area contributed by atoms with Crippen molar-refractivity contribution in [1.29, 1.82) is 0 Å². The second-order valence-electron chi connectivity index (χ2n) is 7.21. The van der Waals surface area contributed by atoms with Crippen LogP contribution in [-0.2, 0) is 20.7 Å². The Morgan fingerprint density at radius 1 is 1.32 bits per heavy atom. The zero-order chi connectivity index (χ0) is 17.9. The number of amides is 1. The minimum atomic E-state index is -0.226. The molecule has 25 heavy (non-hydrogen) atoms. The number of ether oxygens (including phenoxy) is 4. The molecule has 0 aromatic heterocycles. The van der Waals surface area contributed by atoms with Crippen molar-refractivity contribution in [2.45, 2.75) is 38.4 Å². The fraction of sp³-hybridized carbons (Fsp3) is 0.632. The Kier molecular flexibility index (Phi) is 5.49. The van der Waals surface area contributed by atoms with E-state index >= 15 is 0 Å². The Hall–Kier alpha value is -1.79. The lowest BCUT2D eigenvalue weighted by Crippen LogP contribution is -2.56. The highest BCUT2D eigenvalue weighted by Crippen LogP contribution is 2.41. The zero-order valence-corrected chi connectivity index (χ0v) is 15.2. The fourth-order valence-electron chi connectivity index (χ4n) is 3.13. The van der Waals surface area contributed by atoms with Crippen molar-refractivity contribution in [2.75, 3.05) is 40.0 Å². The third-order valence-corrected chi connectivity index (χ3v) is 4.45. The van der Waals surface area contributed by atoms with Crippen LogP contribution in [0.2, 0.25) is 0 Å². The molecule has 2 aliphatic heterocycles. The van der Waals surface area contributed by atoms with Crippen LogP contribution >= 0.6 is 0 Å². The van der Waals surface area contributed by atoms with E-state index in [4.69, 9.17) is 18.9 Å². The van der Waals surface area contributed by atoms with Gasteiger partial charge in [0.2, 0.25) is 0 Å². The third-order valence-electron chi connectivity index (χ3n) is 4.45.